The predicted molar refractivity (Wildman–Crippen MR) is 111 cm³/mol. The Morgan fingerprint density at radius 1 is 1.00 bits per heavy atom. The van der Waals surface area contributed by atoms with E-state index in [0.29, 0.717) is 31.2 Å². The topological polar surface area (TPSA) is 58.4 Å². The van der Waals surface area contributed by atoms with Gasteiger partial charge in [0, 0.05) is 36.9 Å². The lowest BCUT2D eigenvalue weighted by atomic mass is 10.2. The molecule has 0 unspecified atom stereocenters. The van der Waals surface area contributed by atoms with Crippen molar-refractivity contribution in [2.45, 2.75) is 12.7 Å². The number of hydrogen-bond donors (Lipinski definition) is 0. The SMILES string of the molecule is O=C(Cn1c(=O)c(C(F)(F)F)nc2ccccc21)N1CCN(c2ccc(Cl)cc2)CC1. The van der Waals surface area contributed by atoms with Crippen molar-refractivity contribution < 1.29 is 18.0 Å². The second-order valence-electron chi connectivity index (χ2n) is 7.18. The molecule has 162 valence electrons. The van der Waals surface area contributed by atoms with Crippen LogP contribution in [0.3, 0.4) is 0 Å². The molecule has 0 N–H and O–H groups in total. The van der Waals surface area contributed by atoms with E-state index in [1.807, 2.05) is 12.1 Å². The van der Waals surface area contributed by atoms with Gasteiger partial charge in [0.15, 0.2) is 0 Å². The molecule has 0 saturated carbocycles. The van der Waals surface area contributed by atoms with Crippen LogP contribution in [-0.2, 0) is 17.5 Å². The van der Waals surface area contributed by atoms with Crippen molar-refractivity contribution in [2.24, 2.45) is 0 Å². The monoisotopic (exact) mass is 450 g/mol. The number of carbonyl (C=O) groups excluding carboxylic acids is 1. The van der Waals surface area contributed by atoms with Gasteiger partial charge >= 0.3 is 6.18 Å². The Bertz CT molecular complexity index is 1170. The van der Waals surface area contributed by atoms with Crippen molar-refractivity contribution in [3.63, 3.8) is 0 Å². The first-order chi connectivity index (χ1) is 14.7. The molecule has 0 radical (unpaired) electrons. The molecule has 2 aromatic carbocycles. The van der Waals surface area contributed by atoms with E-state index in [1.54, 1.807) is 23.1 Å². The van der Waals surface area contributed by atoms with E-state index >= 15 is 0 Å². The second kappa shape index (κ2) is 8.22. The van der Waals surface area contributed by atoms with Crippen molar-refractivity contribution in [1.29, 1.82) is 0 Å². The van der Waals surface area contributed by atoms with E-state index in [-0.39, 0.29) is 11.0 Å². The average Bonchev–Trinajstić information content (AvgIpc) is 2.75. The van der Waals surface area contributed by atoms with Crippen LogP contribution < -0.4 is 10.5 Å². The molecule has 31 heavy (non-hydrogen) atoms. The van der Waals surface area contributed by atoms with Crippen LogP contribution in [0.1, 0.15) is 5.69 Å². The third kappa shape index (κ3) is 4.36. The summed E-state index contributed by atoms with van der Waals surface area (Å²) in [6.45, 7) is 1.43. The maximum Gasteiger partial charge on any atom is 0.438 e. The number of carbonyl (C=O) groups is 1. The molecule has 1 aliphatic heterocycles. The van der Waals surface area contributed by atoms with E-state index in [0.717, 1.165) is 10.3 Å². The van der Waals surface area contributed by atoms with Gasteiger partial charge in [-0.3, -0.25) is 14.2 Å². The average molecular weight is 451 g/mol. The van der Waals surface area contributed by atoms with Crippen LogP contribution in [0, 0.1) is 0 Å². The fourth-order valence-electron chi connectivity index (χ4n) is 3.64. The fourth-order valence-corrected chi connectivity index (χ4v) is 3.76. The lowest BCUT2D eigenvalue weighted by Crippen LogP contribution is -2.50. The van der Waals surface area contributed by atoms with Crippen molar-refractivity contribution in [3.05, 3.63) is 69.6 Å². The van der Waals surface area contributed by atoms with Crippen molar-refractivity contribution in [3.8, 4) is 0 Å². The lowest BCUT2D eigenvalue weighted by molar-refractivity contribution is -0.142. The van der Waals surface area contributed by atoms with Crippen LogP contribution in [0.25, 0.3) is 11.0 Å². The molecule has 0 aliphatic carbocycles. The minimum Gasteiger partial charge on any atom is -0.368 e. The number of halogens is 4. The highest BCUT2D eigenvalue weighted by molar-refractivity contribution is 6.30. The zero-order valence-corrected chi connectivity index (χ0v) is 17.0. The summed E-state index contributed by atoms with van der Waals surface area (Å²) in [7, 11) is 0. The number of benzene rings is 2. The van der Waals surface area contributed by atoms with Gasteiger partial charge in [-0.2, -0.15) is 13.2 Å². The minimum atomic E-state index is -4.91. The molecule has 2 heterocycles. The molecular formula is C21H18ClF3N4O2. The molecule has 0 bridgehead atoms. The summed E-state index contributed by atoms with van der Waals surface area (Å²) in [5.41, 5.74) is -1.67. The molecule has 10 heteroatoms. The molecule has 1 fully saturated rings. The highest BCUT2D eigenvalue weighted by atomic mass is 35.5. The van der Waals surface area contributed by atoms with Crippen LogP contribution in [0.5, 0.6) is 0 Å². The van der Waals surface area contributed by atoms with E-state index in [4.69, 9.17) is 11.6 Å². The number of alkyl halides is 3. The summed E-state index contributed by atoms with van der Waals surface area (Å²) in [5.74, 6) is -0.415. The zero-order valence-electron chi connectivity index (χ0n) is 16.3. The standard InChI is InChI=1S/C21H18ClF3N4O2/c22-14-5-7-15(8-6-14)27-9-11-28(12-10-27)18(30)13-29-17-4-2-1-3-16(17)26-19(20(29)31)21(23,24)25/h1-8H,9-13H2. The van der Waals surface area contributed by atoms with Gasteiger partial charge in [0.05, 0.1) is 11.0 Å². The molecule has 0 spiro atoms. The van der Waals surface area contributed by atoms with E-state index in [2.05, 4.69) is 9.88 Å². The highest BCUT2D eigenvalue weighted by Crippen LogP contribution is 2.26. The Morgan fingerprint density at radius 2 is 1.65 bits per heavy atom. The highest BCUT2D eigenvalue weighted by Gasteiger charge is 2.37. The Labute approximate surface area is 180 Å². The van der Waals surface area contributed by atoms with E-state index < -0.39 is 29.9 Å². The summed E-state index contributed by atoms with van der Waals surface area (Å²) < 4.78 is 40.7. The Balaban J connectivity index is 1.54. The van der Waals surface area contributed by atoms with Gasteiger partial charge in [-0.1, -0.05) is 23.7 Å². The molecule has 1 amide bonds. The van der Waals surface area contributed by atoms with Gasteiger partial charge in [0.25, 0.3) is 5.56 Å². The molecule has 0 atom stereocenters. The molecule has 6 nitrogen and oxygen atoms in total. The summed E-state index contributed by atoms with van der Waals surface area (Å²) in [4.78, 5) is 32.5. The second-order valence-corrected chi connectivity index (χ2v) is 7.62. The Hall–Kier alpha value is -3.07. The first-order valence-corrected chi connectivity index (χ1v) is 9.97. The smallest absolute Gasteiger partial charge is 0.368 e. The fraction of sp³-hybridized carbons (Fsp3) is 0.286. The Kier molecular flexibility index (Phi) is 5.62. The van der Waals surface area contributed by atoms with Gasteiger partial charge in [0.2, 0.25) is 11.6 Å². The number of piperazine rings is 1. The predicted octanol–water partition coefficient (Wildman–Crippen LogP) is 3.42. The first kappa shape index (κ1) is 21.2. The molecule has 4 rings (SSSR count). The molecule has 1 saturated heterocycles. The number of fused-ring (bicyclic) bond motifs is 1. The van der Waals surface area contributed by atoms with Crippen molar-refractivity contribution >= 4 is 34.2 Å². The molecule has 1 aliphatic rings. The van der Waals surface area contributed by atoms with E-state index in [9.17, 15) is 22.8 Å². The van der Waals surface area contributed by atoms with E-state index in [1.165, 1.54) is 18.2 Å². The number of rotatable bonds is 3. The van der Waals surface area contributed by atoms with Crippen LogP contribution >= 0.6 is 11.6 Å². The van der Waals surface area contributed by atoms with Crippen LogP contribution in [0.2, 0.25) is 5.02 Å². The summed E-state index contributed by atoms with van der Waals surface area (Å²) >= 11 is 5.91. The molecule has 1 aromatic heterocycles. The maximum atomic E-state index is 13.3. The number of amides is 1. The van der Waals surface area contributed by atoms with Crippen LogP contribution in [0.15, 0.2) is 53.3 Å². The zero-order chi connectivity index (χ0) is 22.2. The van der Waals surface area contributed by atoms with Gasteiger partial charge in [-0.15, -0.1) is 0 Å². The van der Waals surface area contributed by atoms with Crippen LogP contribution in [0.4, 0.5) is 18.9 Å². The maximum absolute atomic E-state index is 13.3. The van der Waals surface area contributed by atoms with Gasteiger partial charge in [0.1, 0.15) is 6.54 Å². The van der Waals surface area contributed by atoms with Gasteiger partial charge < -0.3 is 9.80 Å². The normalized spacial score (nSPS) is 14.8. The Morgan fingerprint density at radius 3 is 2.29 bits per heavy atom. The quantitative estimate of drug-likeness (QED) is 0.613. The minimum absolute atomic E-state index is 0.00906. The first-order valence-electron chi connectivity index (χ1n) is 9.59. The molecule has 3 aromatic rings. The van der Waals surface area contributed by atoms with Crippen molar-refractivity contribution in [1.82, 2.24) is 14.5 Å². The summed E-state index contributed by atoms with van der Waals surface area (Å²) in [6, 6.07) is 13.3. The largest absolute Gasteiger partial charge is 0.438 e. The lowest BCUT2D eigenvalue weighted by Gasteiger charge is -2.36. The van der Waals surface area contributed by atoms with Gasteiger partial charge in [-0.25, -0.2) is 4.98 Å². The number of para-hydroxylation sites is 2. The number of aromatic nitrogens is 2. The summed E-state index contributed by atoms with van der Waals surface area (Å²) in [6.07, 6.45) is -4.91. The molecular weight excluding hydrogens is 433 g/mol. The van der Waals surface area contributed by atoms with Crippen molar-refractivity contribution in [2.75, 3.05) is 31.1 Å². The number of anilines is 1. The number of nitrogens with zero attached hydrogens (tertiary/aromatic N) is 4. The number of hydrogen-bond acceptors (Lipinski definition) is 4. The third-order valence-corrected chi connectivity index (χ3v) is 5.49. The van der Waals surface area contributed by atoms with Crippen LogP contribution in [-0.4, -0.2) is 46.5 Å². The summed E-state index contributed by atoms with van der Waals surface area (Å²) in [5, 5.41) is 0.630. The van der Waals surface area contributed by atoms with Gasteiger partial charge in [-0.05, 0) is 36.4 Å². The third-order valence-electron chi connectivity index (χ3n) is 5.24.